The van der Waals surface area contributed by atoms with Crippen molar-refractivity contribution in [2.75, 3.05) is 12.3 Å². The summed E-state index contributed by atoms with van der Waals surface area (Å²) in [5.74, 6) is 0.254. The average molecular weight is 259 g/mol. The van der Waals surface area contributed by atoms with Gasteiger partial charge in [0.05, 0.1) is 12.1 Å². The third kappa shape index (κ3) is 3.39. The minimum absolute atomic E-state index is 0.0276. The molecule has 0 saturated carbocycles. The molecule has 1 heterocycles. The van der Waals surface area contributed by atoms with Gasteiger partial charge in [0.15, 0.2) is 0 Å². The van der Waals surface area contributed by atoms with Gasteiger partial charge in [-0.05, 0) is 25.5 Å². The molecule has 1 atom stereocenters. The van der Waals surface area contributed by atoms with Gasteiger partial charge in [0.2, 0.25) is 10.0 Å². The maximum Gasteiger partial charge on any atom is 0.242 e. The molecule has 6 nitrogen and oxygen atoms in total. The average Bonchev–Trinajstić information content (AvgIpc) is 2.29. The van der Waals surface area contributed by atoms with Crippen LogP contribution in [0.4, 0.5) is 5.82 Å². The molecule has 1 aromatic heterocycles. The molecule has 0 aliphatic rings. The quantitative estimate of drug-likeness (QED) is 0.695. The Labute approximate surface area is 101 Å². The second kappa shape index (κ2) is 4.99. The second-order valence-electron chi connectivity index (χ2n) is 4.10. The molecular formula is C10H17N3O3S. The van der Waals surface area contributed by atoms with Crippen molar-refractivity contribution >= 4 is 15.8 Å². The van der Waals surface area contributed by atoms with Crippen molar-refractivity contribution < 1.29 is 13.5 Å². The van der Waals surface area contributed by atoms with Gasteiger partial charge in [0, 0.05) is 6.20 Å². The normalized spacial score (nSPS) is 15.5. The van der Waals surface area contributed by atoms with E-state index < -0.39 is 15.6 Å². The van der Waals surface area contributed by atoms with Gasteiger partial charge >= 0.3 is 0 Å². The van der Waals surface area contributed by atoms with Crippen molar-refractivity contribution in [2.45, 2.75) is 30.7 Å². The summed E-state index contributed by atoms with van der Waals surface area (Å²) >= 11 is 0. The first-order chi connectivity index (χ1) is 7.83. The number of rotatable bonds is 5. The minimum atomic E-state index is -3.69. The molecular weight excluding hydrogens is 242 g/mol. The number of nitrogens with two attached hydrogens (primary N) is 1. The van der Waals surface area contributed by atoms with Gasteiger partial charge in [-0.25, -0.2) is 18.1 Å². The Balaban J connectivity index is 3.00. The van der Waals surface area contributed by atoms with Gasteiger partial charge in [-0.3, -0.25) is 0 Å². The van der Waals surface area contributed by atoms with Crippen LogP contribution >= 0.6 is 0 Å². The molecule has 0 fully saturated rings. The molecule has 1 rings (SSSR count). The van der Waals surface area contributed by atoms with Gasteiger partial charge in [0.25, 0.3) is 0 Å². The molecule has 17 heavy (non-hydrogen) atoms. The molecule has 1 unspecified atom stereocenters. The molecule has 1 aromatic rings. The number of aromatic nitrogens is 1. The first-order valence-corrected chi connectivity index (χ1v) is 6.68. The summed E-state index contributed by atoms with van der Waals surface area (Å²) in [5, 5.41) is 9.18. The molecule has 7 heteroatoms. The number of aliphatic hydroxyl groups excluding tert-OH is 1. The Hall–Kier alpha value is -1.18. The summed E-state index contributed by atoms with van der Waals surface area (Å²) < 4.78 is 26.4. The van der Waals surface area contributed by atoms with Gasteiger partial charge in [0.1, 0.15) is 10.7 Å². The van der Waals surface area contributed by atoms with E-state index in [2.05, 4.69) is 9.71 Å². The third-order valence-corrected chi connectivity index (χ3v) is 4.20. The van der Waals surface area contributed by atoms with E-state index in [4.69, 9.17) is 5.73 Å². The fourth-order valence-corrected chi connectivity index (χ4v) is 2.56. The SMILES string of the molecule is CCC(C)(CO)NS(=O)(=O)c1ccc(N)nc1. The summed E-state index contributed by atoms with van der Waals surface area (Å²) in [6.45, 7) is 3.15. The van der Waals surface area contributed by atoms with E-state index in [9.17, 15) is 13.5 Å². The number of aliphatic hydroxyl groups is 1. The molecule has 0 spiro atoms. The zero-order valence-corrected chi connectivity index (χ0v) is 10.7. The first-order valence-electron chi connectivity index (χ1n) is 5.19. The summed E-state index contributed by atoms with van der Waals surface area (Å²) in [5.41, 5.74) is 4.51. The van der Waals surface area contributed by atoms with E-state index in [1.807, 2.05) is 0 Å². The predicted molar refractivity (Wildman–Crippen MR) is 64.8 cm³/mol. The van der Waals surface area contributed by atoms with Crippen LogP contribution in [-0.4, -0.2) is 30.7 Å². The van der Waals surface area contributed by atoms with Crippen LogP contribution in [0.3, 0.4) is 0 Å². The van der Waals surface area contributed by atoms with Crippen molar-refractivity contribution in [3.8, 4) is 0 Å². The van der Waals surface area contributed by atoms with E-state index in [0.29, 0.717) is 6.42 Å². The zero-order valence-electron chi connectivity index (χ0n) is 9.84. The minimum Gasteiger partial charge on any atom is -0.394 e. The Morgan fingerprint density at radius 2 is 2.18 bits per heavy atom. The number of anilines is 1. The van der Waals surface area contributed by atoms with E-state index in [0.717, 1.165) is 0 Å². The molecule has 0 bridgehead atoms. The fraction of sp³-hybridized carbons (Fsp3) is 0.500. The van der Waals surface area contributed by atoms with Crippen LogP contribution in [0.5, 0.6) is 0 Å². The molecule has 0 aromatic carbocycles. The Morgan fingerprint density at radius 1 is 1.53 bits per heavy atom. The van der Waals surface area contributed by atoms with Crippen molar-refractivity contribution in [1.29, 1.82) is 0 Å². The highest BCUT2D eigenvalue weighted by Crippen LogP contribution is 2.15. The maximum absolute atomic E-state index is 12.0. The van der Waals surface area contributed by atoms with Crippen LogP contribution in [-0.2, 0) is 10.0 Å². The number of nitrogen functional groups attached to an aromatic ring is 1. The van der Waals surface area contributed by atoms with Gasteiger partial charge in [-0.2, -0.15) is 0 Å². The number of pyridine rings is 1. The van der Waals surface area contributed by atoms with Crippen LogP contribution in [0, 0.1) is 0 Å². The van der Waals surface area contributed by atoms with E-state index >= 15 is 0 Å². The van der Waals surface area contributed by atoms with Gasteiger partial charge < -0.3 is 10.8 Å². The van der Waals surface area contributed by atoms with Gasteiger partial charge in [-0.15, -0.1) is 0 Å². The lowest BCUT2D eigenvalue weighted by Gasteiger charge is -2.26. The Kier molecular flexibility index (Phi) is 4.07. The molecule has 0 aliphatic carbocycles. The van der Waals surface area contributed by atoms with Crippen LogP contribution in [0.15, 0.2) is 23.2 Å². The van der Waals surface area contributed by atoms with E-state index in [-0.39, 0.29) is 17.3 Å². The highest BCUT2D eigenvalue weighted by atomic mass is 32.2. The highest BCUT2D eigenvalue weighted by molar-refractivity contribution is 7.89. The lowest BCUT2D eigenvalue weighted by molar-refractivity contribution is 0.191. The standard InChI is InChI=1S/C10H17N3O3S/c1-3-10(2,7-14)13-17(15,16)8-4-5-9(11)12-6-8/h4-6,13-14H,3,7H2,1-2H3,(H2,11,12). The summed E-state index contributed by atoms with van der Waals surface area (Å²) in [7, 11) is -3.69. The number of hydrogen-bond acceptors (Lipinski definition) is 5. The van der Waals surface area contributed by atoms with Crippen molar-refractivity contribution in [2.24, 2.45) is 0 Å². The number of sulfonamides is 1. The molecule has 0 amide bonds. The molecule has 96 valence electrons. The number of hydrogen-bond donors (Lipinski definition) is 3. The Bertz CT molecular complexity index is 466. The van der Waals surface area contributed by atoms with Crippen molar-refractivity contribution in [3.63, 3.8) is 0 Å². The molecule has 0 saturated heterocycles. The monoisotopic (exact) mass is 259 g/mol. The smallest absolute Gasteiger partial charge is 0.242 e. The number of nitrogens with zero attached hydrogens (tertiary/aromatic N) is 1. The van der Waals surface area contributed by atoms with Crippen LogP contribution in [0.2, 0.25) is 0 Å². The lowest BCUT2D eigenvalue weighted by atomic mass is 10.0. The second-order valence-corrected chi connectivity index (χ2v) is 5.78. The summed E-state index contributed by atoms with van der Waals surface area (Å²) in [6, 6.07) is 2.79. The van der Waals surface area contributed by atoms with Crippen molar-refractivity contribution in [1.82, 2.24) is 9.71 Å². The third-order valence-electron chi connectivity index (χ3n) is 2.58. The lowest BCUT2D eigenvalue weighted by Crippen LogP contribution is -2.48. The largest absolute Gasteiger partial charge is 0.394 e. The van der Waals surface area contributed by atoms with Gasteiger partial charge in [-0.1, -0.05) is 6.92 Å². The number of nitrogens with one attached hydrogen (secondary N) is 1. The van der Waals surface area contributed by atoms with Crippen LogP contribution in [0.25, 0.3) is 0 Å². The summed E-state index contributed by atoms with van der Waals surface area (Å²) in [4.78, 5) is 3.75. The van der Waals surface area contributed by atoms with E-state index in [1.54, 1.807) is 13.8 Å². The zero-order chi connectivity index (χ0) is 13.1. The van der Waals surface area contributed by atoms with Crippen LogP contribution in [0.1, 0.15) is 20.3 Å². The topological polar surface area (TPSA) is 105 Å². The van der Waals surface area contributed by atoms with Crippen molar-refractivity contribution in [3.05, 3.63) is 18.3 Å². The Morgan fingerprint density at radius 3 is 2.59 bits per heavy atom. The molecule has 0 aliphatic heterocycles. The first kappa shape index (κ1) is 13.9. The highest BCUT2D eigenvalue weighted by Gasteiger charge is 2.28. The molecule has 4 N–H and O–H groups in total. The molecule has 0 radical (unpaired) electrons. The maximum atomic E-state index is 12.0. The van der Waals surface area contributed by atoms with Crippen LogP contribution < -0.4 is 10.5 Å². The summed E-state index contributed by atoms with van der Waals surface area (Å²) in [6.07, 6.45) is 1.66. The predicted octanol–water partition coefficient (Wildman–Crippen LogP) is 0.103. The fourth-order valence-electron chi connectivity index (χ4n) is 1.15. The van der Waals surface area contributed by atoms with E-state index in [1.165, 1.54) is 18.3 Å².